The number of nitriles is 1. The molecule has 1 aromatic carbocycles. The minimum absolute atomic E-state index is 0.0385. The Morgan fingerprint density at radius 2 is 2.29 bits per heavy atom. The van der Waals surface area contributed by atoms with Crippen molar-refractivity contribution in [3.8, 4) is 6.07 Å². The predicted octanol–water partition coefficient (Wildman–Crippen LogP) is 2.58. The summed E-state index contributed by atoms with van der Waals surface area (Å²) in [6.07, 6.45) is 0.759. The number of rotatable bonds is 2. The van der Waals surface area contributed by atoms with Gasteiger partial charge in [-0.2, -0.15) is 5.26 Å². The number of carbonyl (C=O) groups is 1. The van der Waals surface area contributed by atoms with Crippen LogP contribution in [-0.4, -0.2) is 11.1 Å². The van der Waals surface area contributed by atoms with Crippen LogP contribution in [0.4, 0.5) is 0 Å². The fourth-order valence-corrected chi connectivity index (χ4v) is 1.89. The maximum absolute atomic E-state index is 10.8. The SMILES string of the molecule is CCc1ccc(C(=O)O)c(C#N)c1Br. The van der Waals surface area contributed by atoms with Gasteiger partial charge in [0.05, 0.1) is 11.1 Å². The average molecular weight is 254 g/mol. The summed E-state index contributed by atoms with van der Waals surface area (Å²) < 4.78 is 0.586. The van der Waals surface area contributed by atoms with Gasteiger partial charge in [0.15, 0.2) is 0 Å². The van der Waals surface area contributed by atoms with Crippen LogP contribution in [0, 0.1) is 11.3 Å². The van der Waals surface area contributed by atoms with Gasteiger partial charge in [0, 0.05) is 4.47 Å². The van der Waals surface area contributed by atoms with Gasteiger partial charge in [-0.25, -0.2) is 4.79 Å². The van der Waals surface area contributed by atoms with Crippen molar-refractivity contribution in [2.75, 3.05) is 0 Å². The molecule has 1 rings (SSSR count). The van der Waals surface area contributed by atoms with E-state index in [1.807, 2.05) is 13.0 Å². The normalized spacial score (nSPS) is 9.50. The van der Waals surface area contributed by atoms with E-state index in [0.717, 1.165) is 12.0 Å². The largest absolute Gasteiger partial charge is 0.478 e. The summed E-state index contributed by atoms with van der Waals surface area (Å²) in [6, 6.07) is 5.07. The summed E-state index contributed by atoms with van der Waals surface area (Å²) in [5.74, 6) is -1.08. The molecule has 0 radical (unpaired) electrons. The highest BCUT2D eigenvalue weighted by molar-refractivity contribution is 9.10. The highest BCUT2D eigenvalue weighted by atomic mass is 79.9. The summed E-state index contributed by atoms with van der Waals surface area (Å²) in [6.45, 7) is 1.95. The molecule has 3 nitrogen and oxygen atoms in total. The molecule has 0 aliphatic rings. The Kier molecular flexibility index (Phi) is 3.26. The number of hydrogen-bond acceptors (Lipinski definition) is 2. The average Bonchev–Trinajstić information content (AvgIpc) is 2.17. The molecule has 0 heterocycles. The third-order valence-electron chi connectivity index (χ3n) is 1.95. The zero-order valence-electron chi connectivity index (χ0n) is 7.54. The lowest BCUT2D eigenvalue weighted by atomic mass is 10.0. The molecule has 0 amide bonds. The third kappa shape index (κ3) is 1.78. The predicted molar refractivity (Wildman–Crippen MR) is 55.2 cm³/mol. The number of aryl methyl sites for hydroxylation is 1. The molecule has 14 heavy (non-hydrogen) atoms. The van der Waals surface area contributed by atoms with E-state index in [-0.39, 0.29) is 11.1 Å². The Morgan fingerprint density at radius 3 is 2.71 bits per heavy atom. The van der Waals surface area contributed by atoms with Gasteiger partial charge >= 0.3 is 5.97 Å². The first-order chi connectivity index (χ1) is 6.61. The molecular formula is C10H8BrNO2. The molecule has 0 atom stereocenters. The highest BCUT2D eigenvalue weighted by Crippen LogP contribution is 2.25. The van der Waals surface area contributed by atoms with E-state index < -0.39 is 5.97 Å². The van der Waals surface area contributed by atoms with E-state index in [9.17, 15) is 4.79 Å². The first-order valence-electron chi connectivity index (χ1n) is 4.06. The number of aromatic carboxylic acids is 1. The number of halogens is 1. The van der Waals surface area contributed by atoms with E-state index in [2.05, 4.69) is 15.9 Å². The molecular weight excluding hydrogens is 246 g/mol. The minimum Gasteiger partial charge on any atom is -0.478 e. The molecule has 0 bridgehead atoms. The zero-order chi connectivity index (χ0) is 10.7. The smallest absolute Gasteiger partial charge is 0.337 e. The van der Waals surface area contributed by atoms with Gasteiger partial charge in [-0.1, -0.05) is 13.0 Å². The van der Waals surface area contributed by atoms with Crippen molar-refractivity contribution in [3.05, 3.63) is 33.3 Å². The van der Waals surface area contributed by atoms with Crippen LogP contribution in [0.5, 0.6) is 0 Å². The van der Waals surface area contributed by atoms with Gasteiger partial charge in [-0.3, -0.25) is 0 Å². The molecule has 0 saturated heterocycles. The lowest BCUT2D eigenvalue weighted by Crippen LogP contribution is -2.02. The van der Waals surface area contributed by atoms with Gasteiger partial charge in [0.25, 0.3) is 0 Å². The van der Waals surface area contributed by atoms with Crippen LogP contribution >= 0.6 is 15.9 Å². The van der Waals surface area contributed by atoms with Gasteiger partial charge < -0.3 is 5.11 Å². The quantitative estimate of drug-likeness (QED) is 0.882. The van der Waals surface area contributed by atoms with Crippen molar-refractivity contribution in [2.24, 2.45) is 0 Å². The number of benzene rings is 1. The van der Waals surface area contributed by atoms with E-state index in [1.165, 1.54) is 6.07 Å². The molecule has 0 unspecified atom stereocenters. The lowest BCUT2D eigenvalue weighted by molar-refractivity contribution is 0.0696. The first-order valence-corrected chi connectivity index (χ1v) is 4.85. The van der Waals surface area contributed by atoms with Gasteiger partial charge in [-0.05, 0) is 34.0 Å². The van der Waals surface area contributed by atoms with E-state index in [1.54, 1.807) is 6.07 Å². The second-order valence-corrected chi connectivity index (χ2v) is 3.52. The van der Waals surface area contributed by atoms with Crippen molar-refractivity contribution < 1.29 is 9.90 Å². The van der Waals surface area contributed by atoms with Crippen LogP contribution in [0.2, 0.25) is 0 Å². The molecule has 1 aromatic rings. The Balaban J connectivity index is 3.45. The molecule has 1 N–H and O–H groups in total. The van der Waals surface area contributed by atoms with Crippen molar-refractivity contribution in [1.82, 2.24) is 0 Å². The van der Waals surface area contributed by atoms with Crippen molar-refractivity contribution in [3.63, 3.8) is 0 Å². The van der Waals surface area contributed by atoms with Gasteiger partial charge in [-0.15, -0.1) is 0 Å². The number of carboxylic acids is 1. The van der Waals surface area contributed by atoms with Crippen LogP contribution in [0.3, 0.4) is 0 Å². The Morgan fingerprint density at radius 1 is 1.64 bits per heavy atom. The number of hydrogen-bond donors (Lipinski definition) is 1. The maximum atomic E-state index is 10.8. The molecule has 0 fully saturated rings. The van der Waals surface area contributed by atoms with E-state index in [4.69, 9.17) is 10.4 Å². The second-order valence-electron chi connectivity index (χ2n) is 2.73. The van der Waals surface area contributed by atoms with Gasteiger partial charge in [0.1, 0.15) is 6.07 Å². The van der Waals surface area contributed by atoms with Crippen molar-refractivity contribution in [1.29, 1.82) is 5.26 Å². The summed E-state index contributed by atoms with van der Waals surface area (Å²) in [7, 11) is 0. The van der Waals surface area contributed by atoms with Crippen LogP contribution in [0.1, 0.15) is 28.4 Å². The minimum atomic E-state index is -1.08. The monoisotopic (exact) mass is 253 g/mol. The standard InChI is InChI=1S/C10H8BrNO2/c1-2-6-3-4-7(10(13)14)8(5-12)9(6)11/h3-4H,2H2,1H3,(H,13,14). The zero-order valence-corrected chi connectivity index (χ0v) is 9.13. The van der Waals surface area contributed by atoms with E-state index >= 15 is 0 Å². The molecule has 4 heteroatoms. The highest BCUT2D eigenvalue weighted by Gasteiger charge is 2.14. The summed E-state index contributed by atoms with van der Waals surface area (Å²) in [5.41, 5.74) is 1.17. The number of carboxylic acid groups (broad SMARTS) is 1. The van der Waals surface area contributed by atoms with Crippen LogP contribution in [0.25, 0.3) is 0 Å². The molecule has 0 aliphatic carbocycles. The molecule has 0 saturated carbocycles. The third-order valence-corrected chi connectivity index (χ3v) is 2.85. The summed E-state index contributed by atoms with van der Waals surface area (Å²) in [5, 5.41) is 17.6. The molecule has 72 valence electrons. The van der Waals surface area contributed by atoms with Gasteiger partial charge in [0.2, 0.25) is 0 Å². The van der Waals surface area contributed by atoms with Crippen LogP contribution < -0.4 is 0 Å². The Hall–Kier alpha value is -1.34. The number of nitrogens with zero attached hydrogens (tertiary/aromatic N) is 1. The second kappa shape index (κ2) is 4.25. The Bertz CT molecular complexity index is 421. The van der Waals surface area contributed by atoms with Crippen molar-refractivity contribution in [2.45, 2.75) is 13.3 Å². The van der Waals surface area contributed by atoms with Crippen LogP contribution in [0.15, 0.2) is 16.6 Å². The molecule has 0 aromatic heterocycles. The maximum Gasteiger partial charge on any atom is 0.337 e. The van der Waals surface area contributed by atoms with E-state index in [0.29, 0.717) is 4.47 Å². The summed E-state index contributed by atoms with van der Waals surface area (Å²) in [4.78, 5) is 10.8. The summed E-state index contributed by atoms with van der Waals surface area (Å²) >= 11 is 3.23. The molecule has 0 spiro atoms. The van der Waals surface area contributed by atoms with Crippen LogP contribution in [-0.2, 0) is 6.42 Å². The topological polar surface area (TPSA) is 61.1 Å². The Labute approximate surface area is 90.1 Å². The van der Waals surface area contributed by atoms with Crippen molar-refractivity contribution >= 4 is 21.9 Å². The lowest BCUT2D eigenvalue weighted by Gasteiger charge is -2.05. The first kappa shape index (κ1) is 10.7. The molecule has 0 aliphatic heterocycles. The fraction of sp³-hybridized carbons (Fsp3) is 0.200. The fourth-order valence-electron chi connectivity index (χ4n) is 1.18.